The Morgan fingerprint density at radius 2 is 1.90 bits per heavy atom. The van der Waals surface area contributed by atoms with Crippen molar-refractivity contribution in [1.29, 1.82) is 0 Å². The first-order chi connectivity index (χ1) is 4.93. The van der Waals surface area contributed by atoms with E-state index in [1.807, 2.05) is 30.3 Å². The van der Waals surface area contributed by atoms with Gasteiger partial charge in [0.15, 0.2) is 0 Å². The summed E-state index contributed by atoms with van der Waals surface area (Å²) in [6.45, 7) is 0.692. The van der Waals surface area contributed by atoms with Crippen molar-refractivity contribution in [1.82, 2.24) is 0 Å². The lowest BCUT2D eigenvalue weighted by Crippen LogP contribution is -1.76. The fraction of sp³-hybridized carbons (Fsp3) is 0.250. The van der Waals surface area contributed by atoms with Crippen LogP contribution in [0.1, 0.15) is 5.56 Å². The summed E-state index contributed by atoms with van der Waals surface area (Å²) < 4.78 is 0. The molecule has 0 spiro atoms. The van der Waals surface area contributed by atoms with Crippen molar-refractivity contribution < 1.29 is 0 Å². The van der Waals surface area contributed by atoms with Gasteiger partial charge in [-0.25, -0.2) is 0 Å². The molecule has 1 aromatic rings. The van der Waals surface area contributed by atoms with Crippen LogP contribution in [0.15, 0.2) is 40.6 Å². The Labute approximate surface area is 60.6 Å². The highest BCUT2D eigenvalue weighted by Gasteiger charge is 1.84. The lowest BCUT2D eigenvalue weighted by Gasteiger charge is -1.91. The molecule has 0 aromatic heterocycles. The zero-order valence-corrected chi connectivity index (χ0v) is 5.99. The first-order valence-electron chi connectivity index (χ1n) is 3.23. The third-order valence-corrected chi connectivity index (χ3v) is 1.24. The van der Waals surface area contributed by atoms with Crippen LogP contribution in [0.5, 0.6) is 0 Å². The second kappa shape index (κ2) is 3.77. The van der Waals surface area contributed by atoms with Gasteiger partial charge in [-0.3, -0.25) is 0 Å². The van der Waals surface area contributed by atoms with Gasteiger partial charge >= 0.3 is 0 Å². The van der Waals surface area contributed by atoms with E-state index >= 15 is 0 Å². The smallest absolute Gasteiger partial charge is 0.0849 e. The third-order valence-electron chi connectivity index (χ3n) is 1.24. The molecule has 10 heavy (non-hydrogen) atoms. The van der Waals surface area contributed by atoms with Crippen molar-refractivity contribution in [3.8, 4) is 0 Å². The number of azo groups is 1. The monoisotopic (exact) mass is 134 g/mol. The molecule has 2 heteroatoms. The molecule has 0 amide bonds. The predicted octanol–water partition coefficient (Wildman–Crippen LogP) is 2.27. The molecule has 0 saturated carbocycles. The SMILES string of the molecule is CN=NCc1ccccc1. The van der Waals surface area contributed by atoms with E-state index in [2.05, 4.69) is 10.2 Å². The molecule has 0 atom stereocenters. The zero-order chi connectivity index (χ0) is 7.23. The Morgan fingerprint density at radius 1 is 1.20 bits per heavy atom. The molecule has 1 rings (SSSR count). The Bertz CT molecular complexity index is 204. The Hall–Kier alpha value is -1.18. The fourth-order valence-corrected chi connectivity index (χ4v) is 0.736. The van der Waals surface area contributed by atoms with Crippen molar-refractivity contribution in [2.24, 2.45) is 10.2 Å². The summed E-state index contributed by atoms with van der Waals surface area (Å²) in [7, 11) is 1.68. The van der Waals surface area contributed by atoms with Gasteiger partial charge in [-0.2, -0.15) is 10.2 Å². The molecule has 0 unspecified atom stereocenters. The van der Waals surface area contributed by atoms with Gasteiger partial charge in [-0.15, -0.1) is 0 Å². The molecular formula is C8H10N2. The molecule has 0 saturated heterocycles. The number of hydrogen-bond acceptors (Lipinski definition) is 2. The second-order valence-electron chi connectivity index (χ2n) is 1.99. The van der Waals surface area contributed by atoms with Crippen LogP contribution in [0.2, 0.25) is 0 Å². The van der Waals surface area contributed by atoms with E-state index in [4.69, 9.17) is 0 Å². The van der Waals surface area contributed by atoms with Crippen LogP contribution in [0.25, 0.3) is 0 Å². The minimum Gasteiger partial charge on any atom is -0.197 e. The molecule has 1 aromatic carbocycles. The topological polar surface area (TPSA) is 24.7 Å². The van der Waals surface area contributed by atoms with E-state index in [0.717, 1.165) is 0 Å². The van der Waals surface area contributed by atoms with Gasteiger partial charge in [0.2, 0.25) is 0 Å². The second-order valence-corrected chi connectivity index (χ2v) is 1.99. The van der Waals surface area contributed by atoms with Gasteiger partial charge < -0.3 is 0 Å². The Morgan fingerprint density at radius 3 is 2.50 bits per heavy atom. The summed E-state index contributed by atoms with van der Waals surface area (Å²) in [5, 5.41) is 7.52. The molecule has 0 aliphatic rings. The van der Waals surface area contributed by atoms with Crippen molar-refractivity contribution in [3.05, 3.63) is 35.9 Å². The molecule has 0 heterocycles. The van der Waals surface area contributed by atoms with Crippen molar-refractivity contribution >= 4 is 0 Å². The van der Waals surface area contributed by atoms with Gasteiger partial charge in [0.1, 0.15) is 0 Å². The summed E-state index contributed by atoms with van der Waals surface area (Å²) in [6, 6.07) is 10.1. The van der Waals surface area contributed by atoms with E-state index in [9.17, 15) is 0 Å². The minimum absolute atomic E-state index is 0.692. The molecular weight excluding hydrogens is 124 g/mol. The molecule has 0 aliphatic heterocycles. The van der Waals surface area contributed by atoms with Crippen molar-refractivity contribution in [2.75, 3.05) is 7.05 Å². The Kier molecular flexibility index (Phi) is 2.62. The van der Waals surface area contributed by atoms with Crippen LogP contribution < -0.4 is 0 Å². The Balaban J connectivity index is 2.59. The molecule has 0 aliphatic carbocycles. The van der Waals surface area contributed by atoms with E-state index < -0.39 is 0 Å². The fourth-order valence-electron chi connectivity index (χ4n) is 0.736. The molecule has 0 bridgehead atoms. The number of nitrogens with zero attached hydrogens (tertiary/aromatic N) is 2. The summed E-state index contributed by atoms with van der Waals surface area (Å²) >= 11 is 0. The number of benzene rings is 1. The predicted molar refractivity (Wildman–Crippen MR) is 40.9 cm³/mol. The highest BCUT2D eigenvalue weighted by Crippen LogP contribution is 1.99. The molecule has 2 nitrogen and oxygen atoms in total. The summed E-state index contributed by atoms with van der Waals surface area (Å²) in [6.07, 6.45) is 0. The molecule has 0 fully saturated rings. The summed E-state index contributed by atoms with van der Waals surface area (Å²) in [4.78, 5) is 0. The average Bonchev–Trinajstić information content (AvgIpc) is 2.03. The van der Waals surface area contributed by atoms with Crippen LogP contribution in [0.4, 0.5) is 0 Å². The van der Waals surface area contributed by atoms with Crippen LogP contribution >= 0.6 is 0 Å². The maximum atomic E-state index is 3.87. The first kappa shape index (κ1) is 6.93. The summed E-state index contributed by atoms with van der Waals surface area (Å²) in [5.41, 5.74) is 1.20. The van der Waals surface area contributed by atoms with Gasteiger partial charge in [0.25, 0.3) is 0 Å². The van der Waals surface area contributed by atoms with Crippen molar-refractivity contribution in [3.63, 3.8) is 0 Å². The van der Waals surface area contributed by atoms with Gasteiger partial charge in [-0.1, -0.05) is 30.3 Å². The lowest BCUT2D eigenvalue weighted by molar-refractivity contribution is 0.934. The maximum absolute atomic E-state index is 3.87. The number of rotatable bonds is 2. The molecule has 0 radical (unpaired) electrons. The van der Waals surface area contributed by atoms with E-state index in [1.165, 1.54) is 5.56 Å². The minimum atomic E-state index is 0.692. The highest BCUT2D eigenvalue weighted by molar-refractivity contribution is 5.13. The first-order valence-corrected chi connectivity index (χ1v) is 3.23. The number of hydrogen-bond donors (Lipinski definition) is 0. The van der Waals surface area contributed by atoms with E-state index in [1.54, 1.807) is 7.05 Å². The van der Waals surface area contributed by atoms with Gasteiger partial charge in [0.05, 0.1) is 6.54 Å². The lowest BCUT2D eigenvalue weighted by atomic mass is 10.2. The third kappa shape index (κ3) is 1.97. The highest BCUT2D eigenvalue weighted by atomic mass is 15.1. The van der Waals surface area contributed by atoms with Crippen LogP contribution in [-0.4, -0.2) is 7.05 Å². The van der Waals surface area contributed by atoms with Crippen LogP contribution in [0.3, 0.4) is 0 Å². The quantitative estimate of drug-likeness (QED) is 0.554. The molecule has 52 valence electrons. The van der Waals surface area contributed by atoms with Crippen LogP contribution in [0, 0.1) is 0 Å². The van der Waals surface area contributed by atoms with Gasteiger partial charge in [-0.05, 0) is 5.56 Å². The normalized spacial score (nSPS) is 10.5. The largest absolute Gasteiger partial charge is 0.197 e. The zero-order valence-electron chi connectivity index (χ0n) is 5.99. The van der Waals surface area contributed by atoms with Crippen molar-refractivity contribution in [2.45, 2.75) is 6.54 Å². The van der Waals surface area contributed by atoms with Crippen LogP contribution in [-0.2, 0) is 6.54 Å². The molecule has 0 N–H and O–H groups in total. The maximum Gasteiger partial charge on any atom is 0.0849 e. The van der Waals surface area contributed by atoms with Gasteiger partial charge in [0, 0.05) is 7.05 Å². The summed E-state index contributed by atoms with van der Waals surface area (Å²) in [5.74, 6) is 0. The van der Waals surface area contributed by atoms with E-state index in [0.29, 0.717) is 6.54 Å². The average molecular weight is 134 g/mol. The van der Waals surface area contributed by atoms with E-state index in [-0.39, 0.29) is 0 Å². The standard InChI is InChI=1S/C8H10N2/c1-9-10-7-8-5-3-2-4-6-8/h2-6H,7H2,1H3.